The molecule has 2 aromatic rings. The second-order valence-corrected chi connectivity index (χ2v) is 5.85. The molecule has 1 aromatic heterocycles. The molecule has 1 N–H and O–H groups in total. The minimum Gasteiger partial charge on any atom is -0.331 e. The van der Waals surface area contributed by atoms with Crippen molar-refractivity contribution in [1.82, 2.24) is 19.8 Å². The molecule has 2 amide bonds. The summed E-state index contributed by atoms with van der Waals surface area (Å²) in [5.74, 6) is 0.228. The van der Waals surface area contributed by atoms with Crippen LogP contribution in [0.3, 0.4) is 0 Å². The molecule has 0 aliphatic heterocycles. The Bertz CT molecular complexity index is 658. The molecule has 1 aromatic carbocycles. The van der Waals surface area contributed by atoms with E-state index in [9.17, 15) is 13.6 Å². The fourth-order valence-electron chi connectivity index (χ4n) is 2.29. The van der Waals surface area contributed by atoms with Crippen molar-refractivity contribution in [2.24, 2.45) is 0 Å². The number of nitrogens with one attached hydrogen (secondary N) is 1. The van der Waals surface area contributed by atoms with E-state index in [1.807, 2.05) is 44.2 Å². The first-order chi connectivity index (χ1) is 11.4. The van der Waals surface area contributed by atoms with E-state index in [1.165, 1.54) is 12.4 Å². The number of alkyl halides is 2. The quantitative estimate of drug-likeness (QED) is 0.876. The highest BCUT2D eigenvalue weighted by Crippen LogP contribution is 2.21. The summed E-state index contributed by atoms with van der Waals surface area (Å²) in [7, 11) is 1.70. The van der Waals surface area contributed by atoms with Crippen molar-refractivity contribution in [2.45, 2.75) is 38.9 Å². The highest BCUT2D eigenvalue weighted by Gasteiger charge is 2.22. The maximum Gasteiger partial charge on any atom is 0.319 e. The summed E-state index contributed by atoms with van der Waals surface area (Å²) in [6, 6.07) is 8.60. The van der Waals surface area contributed by atoms with Crippen LogP contribution in [-0.2, 0) is 6.42 Å². The van der Waals surface area contributed by atoms with Gasteiger partial charge in [0.2, 0.25) is 0 Å². The van der Waals surface area contributed by atoms with Crippen molar-refractivity contribution in [1.29, 1.82) is 0 Å². The van der Waals surface area contributed by atoms with Gasteiger partial charge in [-0.05, 0) is 19.4 Å². The largest absolute Gasteiger partial charge is 0.331 e. The third-order valence-corrected chi connectivity index (χ3v) is 3.94. The third-order valence-electron chi connectivity index (χ3n) is 3.94. The van der Waals surface area contributed by atoms with Crippen LogP contribution in [0.25, 0.3) is 0 Å². The molecule has 5 nitrogen and oxygen atoms in total. The smallest absolute Gasteiger partial charge is 0.319 e. The van der Waals surface area contributed by atoms with Gasteiger partial charge in [0.15, 0.2) is 0 Å². The van der Waals surface area contributed by atoms with Crippen LogP contribution >= 0.6 is 0 Å². The molecule has 24 heavy (non-hydrogen) atoms. The lowest BCUT2D eigenvalue weighted by Crippen LogP contribution is -2.43. The summed E-state index contributed by atoms with van der Waals surface area (Å²) in [5.41, 5.74) is 0.840. The SMILES string of the molecule is CC(C)N(C)C(=O)NC(Cc1nccn1C(F)F)c1ccccc1. The lowest BCUT2D eigenvalue weighted by Gasteiger charge is -2.26. The zero-order chi connectivity index (χ0) is 17.7. The van der Waals surface area contributed by atoms with Gasteiger partial charge in [0, 0.05) is 31.9 Å². The summed E-state index contributed by atoms with van der Waals surface area (Å²) in [6.07, 6.45) is 2.76. The predicted molar refractivity (Wildman–Crippen MR) is 87.8 cm³/mol. The third kappa shape index (κ3) is 4.31. The fraction of sp³-hybridized carbons (Fsp3) is 0.412. The molecule has 2 rings (SSSR count). The van der Waals surface area contributed by atoms with Gasteiger partial charge in [-0.15, -0.1) is 0 Å². The van der Waals surface area contributed by atoms with Crippen molar-refractivity contribution in [2.75, 3.05) is 7.05 Å². The van der Waals surface area contributed by atoms with Gasteiger partial charge in [-0.2, -0.15) is 8.78 Å². The second kappa shape index (κ2) is 7.90. The van der Waals surface area contributed by atoms with Crippen LogP contribution in [0.4, 0.5) is 13.6 Å². The Hall–Kier alpha value is -2.44. The van der Waals surface area contributed by atoms with Crippen molar-refractivity contribution < 1.29 is 13.6 Å². The molecule has 0 aliphatic carbocycles. The van der Waals surface area contributed by atoms with Gasteiger partial charge in [0.05, 0.1) is 6.04 Å². The summed E-state index contributed by atoms with van der Waals surface area (Å²) < 4.78 is 26.9. The predicted octanol–water partition coefficient (Wildman–Crippen LogP) is 3.61. The minimum absolute atomic E-state index is 0.0319. The highest BCUT2D eigenvalue weighted by atomic mass is 19.3. The maximum atomic E-state index is 13.0. The van der Waals surface area contributed by atoms with Crippen LogP contribution < -0.4 is 5.32 Å². The molecule has 0 saturated carbocycles. The van der Waals surface area contributed by atoms with E-state index < -0.39 is 12.6 Å². The number of halogens is 2. The molecule has 1 heterocycles. The summed E-state index contributed by atoms with van der Waals surface area (Å²) in [6.45, 7) is 1.15. The molecule has 0 saturated heterocycles. The number of hydrogen-bond donors (Lipinski definition) is 1. The molecule has 0 fully saturated rings. The topological polar surface area (TPSA) is 50.2 Å². The van der Waals surface area contributed by atoms with Gasteiger partial charge >= 0.3 is 12.6 Å². The number of rotatable bonds is 6. The Kier molecular flexibility index (Phi) is 5.89. The summed E-state index contributed by atoms with van der Waals surface area (Å²) >= 11 is 0. The van der Waals surface area contributed by atoms with E-state index in [4.69, 9.17) is 0 Å². The number of nitrogens with zero attached hydrogens (tertiary/aromatic N) is 3. The monoisotopic (exact) mass is 336 g/mol. The van der Waals surface area contributed by atoms with Gasteiger partial charge in [0.1, 0.15) is 5.82 Å². The fourth-order valence-corrected chi connectivity index (χ4v) is 2.29. The van der Waals surface area contributed by atoms with E-state index in [-0.39, 0.29) is 24.3 Å². The van der Waals surface area contributed by atoms with Gasteiger partial charge in [-0.1, -0.05) is 30.3 Å². The van der Waals surface area contributed by atoms with Crippen LogP contribution in [0.1, 0.15) is 37.8 Å². The van der Waals surface area contributed by atoms with Crippen LogP contribution in [-0.4, -0.2) is 33.6 Å². The van der Waals surface area contributed by atoms with Crippen molar-refractivity contribution >= 4 is 6.03 Å². The number of carbonyl (C=O) groups excluding carboxylic acids is 1. The van der Waals surface area contributed by atoms with E-state index in [2.05, 4.69) is 10.3 Å². The van der Waals surface area contributed by atoms with E-state index in [1.54, 1.807) is 11.9 Å². The molecule has 0 bridgehead atoms. The molecule has 130 valence electrons. The van der Waals surface area contributed by atoms with Crippen LogP contribution in [0.2, 0.25) is 0 Å². The zero-order valence-electron chi connectivity index (χ0n) is 14.0. The van der Waals surface area contributed by atoms with Gasteiger partial charge in [-0.25, -0.2) is 9.78 Å². The first kappa shape index (κ1) is 17.9. The molecule has 0 aliphatic rings. The zero-order valence-corrected chi connectivity index (χ0v) is 14.0. The maximum absolute atomic E-state index is 13.0. The summed E-state index contributed by atoms with van der Waals surface area (Å²) in [4.78, 5) is 17.9. The number of benzene rings is 1. The molecular formula is C17H22F2N4O. The molecular weight excluding hydrogens is 314 g/mol. The molecule has 0 radical (unpaired) electrons. The van der Waals surface area contributed by atoms with Gasteiger partial charge in [-0.3, -0.25) is 4.57 Å². The normalized spacial score (nSPS) is 12.5. The molecule has 7 heteroatoms. The molecule has 0 spiro atoms. The van der Waals surface area contributed by atoms with Crippen LogP contribution in [0, 0.1) is 0 Å². The first-order valence-electron chi connectivity index (χ1n) is 7.78. The van der Waals surface area contributed by atoms with Crippen molar-refractivity contribution in [3.8, 4) is 0 Å². The number of imidazole rings is 1. The number of amides is 2. The number of hydrogen-bond acceptors (Lipinski definition) is 2. The van der Waals surface area contributed by atoms with E-state index in [0.717, 1.165) is 10.1 Å². The van der Waals surface area contributed by atoms with Crippen LogP contribution in [0.15, 0.2) is 42.7 Å². The van der Waals surface area contributed by atoms with E-state index >= 15 is 0 Å². The number of urea groups is 1. The Morgan fingerprint density at radius 3 is 2.54 bits per heavy atom. The van der Waals surface area contributed by atoms with Crippen molar-refractivity contribution in [3.05, 3.63) is 54.1 Å². The van der Waals surface area contributed by atoms with E-state index in [0.29, 0.717) is 0 Å². The Morgan fingerprint density at radius 2 is 1.96 bits per heavy atom. The highest BCUT2D eigenvalue weighted by molar-refractivity contribution is 5.74. The molecule has 1 atom stereocenters. The Labute approximate surface area is 140 Å². The van der Waals surface area contributed by atoms with Crippen molar-refractivity contribution in [3.63, 3.8) is 0 Å². The lowest BCUT2D eigenvalue weighted by molar-refractivity contribution is 0.0666. The van der Waals surface area contributed by atoms with Gasteiger partial charge in [0.25, 0.3) is 0 Å². The number of carbonyl (C=O) groups is 1. The summed E-state index contributed by atoms with van der Waals surface area (Å²) in [5, 5.41) is 2.91. The first-order valence-corrected chi connectivity index (χ1v) is 7.78. The lowest BCUT2D eigenvalue weighted by atomic mass is 10.0. The Balaban J connectivity index is 2.24. The van der Waals surface area contributed by atoms with Gasteiger partial charge < -0.3 is 10.2 Å². The minimum atomic E-state index is -2.66. The Morgan fingerprint density at radius 1 is 1.29 bits per heavy atom. The molecule has 1 unspecified atom stereocenters. The average Bonchev–Trinajstić information content (AvgIpc) is 3.02. The number of aromatic nitrogens is 2. The van der Waals surface area contributed by atoms with Crippen LogP contribution in [0.5, 0.6) is 0 Å². The second-order valence-electron chi connectivity index (χ2n) is 5.85. The average molecular weight is 336 g/mol. The standard InChI is InChI=1S/C17H22F2N4O/c1-12(2)22(3)17(24)21-14(13-7-5-4-6-8-13)11-15-20-9-10-23(15)16(18)19/h4-10,12,14,16H,11H2,1-3H3,(H,21,24).